The van der Waals surface area contributed by atoms with Crippen molar-refractivity contribution in [3.8, 4) is 0 Å². The minimum atomic E-state index is -3.70. The third kappa shape index (κ3) is 3.69. The maximum Gasteiger partial charge on any atom is 0.280 e. The molecule has 0 aromatic carbocycles. The van der Waals surface area contributed by atoms with Gasteiger partial charge in [0.1, 0.15) is 0 Å². The molecular weight excluding hydrogens is 262 g/mol. The quantitative estimate of drug-likeness (QED) is 0.779. The molecule has 0 bridgehead atoms. The molecule has 0 amide bonds. The van der Waals surface area contributed by atoms with Crippen molar-refractivity contribution >= 4 is 19.7 Å². The summed E-state index contributed by atoms with van der Waals surface area (Å²) in [5.74, 6) is 0. The van der Waals surface area contributed by atoms with E-state index in [1.54, 1.807) is 10.9 Å². The highest BCUT2D eigenvalue weighted by Gasteiger charge is 2.14. The van der Waals surface area contributed by atoms with E-state index in [0.717, 1.165) is 19.6 Å². The lowest BCUT2D eigenvalue weighted by atomic mass is 10.1. The highest BCUT2D eigenvalue weighted by Crippen LogP contribution is 2.12. The number of hydrogen-bond acceptors (Lipinski definition) is 4. The summed E-state index contributed by atoms with van der Waals surface area (Å²) in [6, 6.07) is 1.43. The van der Waals surface area contributed by atoms with Gasteiger partial charge in [-0.1, -0.05) is 6.42 Å². The molecular formula is C10H16ClN3O2S. The highest BCUT2D eigenvalue weighted by atomic mass is 35.7. The van der Waals surface area contributed by atoms with Crippen LogP contribution < -0.4 is 0 Å². The van der Waals surface area contributed by atoms with Gasteiger partial charge in [0.05, 0.1) is 6.54 Å². The SMILES string of the molecule is O=S(=O)(Cl)c1ccn(CCN2CCCCC2)n1. The average molecular weight is 278 g/mol. The minimum Gasteiger partial charge on any atom is -0.301 e. The molecule has 0 saturated carbocycles. The molecule has 0 aliphatic carbocycles. The fraction of sp³-hybridized carbons (Fsp3) is 0.700. The van der Waals surface area contributed by atoms with Gasteiger partial charge in [0.15, 0.2) is 5.03 Å². The van der Waals surface area contributed by atoms with Crippen molar-refractivity contribution in [2.75, 3.05) is 19.6 Å². The van der Waals surface area contributed by atoms with E-state index < -0.39 is 9.05 Å². The maximum atomic E-state index is 11.0. The molecule has 2 rings (SSSR count). The molecule has 0 atom stereocenters. The van der Waals surface area contributed by atoms with E-state index in [4.69, 9.17) is 10.7 Å². The second-order valence-electron chi connectivity index (χ2n) is 4.26. The van der Waals surface area contributed by atoms with Gasteiger partial charge in [-0.2, -0.15) is 5.10 Å². The zero-order valence-electron chi connectivity index (χ0n) is 9.55. The molecule has 1 aliphatic heterocycles. The zero-order chi connectivity index (χ0) is 12.3. The van der Waals surface area contributed by atoms with Crippen molar-refractivity contribution in [3.05, 3.63) is 12.3 Å². The first-order valence-electron chi connectivity index (χ1n) is 5.76. The van der Waals surface area contributed by atoms with E-state index in [0.29, 0.717) is 6.54 Å². The number of halogens is 1. The summed E-state index contributed by atoms with van der Waals surface area (Å²) in [6.45, 7) is 3.86. The Morgan fingerprint density at radius 2 is 1.94 bits per heavy atom. The second-order valence-corrected chi connectivity index (χ2v) is 6.77. The van der Waals surface area contributed by atoms with Gasteiger partial charge < -0.3 is 4.90 Å². The number of aromatic nitrogens is 2. The van der Waals surface area contributed by atoms with Gasteiger partial charge in [-0.3, -0.25) is 4.68 Å². The van der Waals surface area contributed by atoms with Crippen molar-refractivity contribution in [3.63, 3.8) is 0 Å². The van der Waals surface area contributed by atoms with Crippen LogP contribution in [0.25, 0.3) is 0 Å². The first kappa shape index (κ1) is 12.9. The highest BCUT2D eigenvalue weighted by molar-refractivity contribution is 8.13. The van der Waals surface area contributed by atoms with Crippen molar-refractivity contribution < 1.29 is 8.42 Å². The molecule has 0 N–H and O–H groups in total. The van der Waals surface area contributed by atoms with Crippen LogP contribution in [0.15, 0.2) is 17.3 Å². The molecule has 0 unspecified atom stereocenters. The van der Waals surface area contributed by atoms with Crippen LogP contribution in [0.1, 0.15) is 19.3 Å². The summed E-state index contributed by atoms with van der Waals surface area (Å²) in [5.41, 5.74) is 0. The third-order valence-electron chi connectivity index (χ3n) is 2.96. The molecule has 1 saturated heterocycles. The Labute approximate surface area is 106 Å². The van der Waals surface area contributed by atoms with E-state index in [9.17, 15) is 8.42 Å². The number of piperidine rings is 1. The standard InChI is InChI=1S/C10H16ClN3O2S/c11-17(15,16)10-4-7-14(12-10)9-8-13-5-2-1-3-6-13/h4,7H,1-3,5-6,8-9H2. The average Bonchev–Trinajstić information content (AvgIpc) is 2.76. The summed E-state index contributed by atoms with van der Waals surface area (Å²) in [5, 5.41) is 3.86. The molecule has 1 aliphatic rings. The summed E-state index contributed by atoms with van der Waals surface area (Å²) in [4.78, 5) is 2.38. The molecule has 5 nitrogen and oxygen atoms in total. The van der Waals surface area contributed by atoms with E-state index >= 15 is 0 Å². The normalized spacial score (nSPS) is 18.4. The second kappa shape index (κ2) is 5.37. The molecule has 1 aromatic rings. The number of nitrogens with zero attached hydrogens (tertiary/aromatic N) is 3. The van der Waals surface area contributed by atoms with Gasteiger partial charge in [0, 0.05) is 23.4 Å². The van der Waals surface area contributed by atoms with Crippen molar-refractivity contribution in [1.82, 2.24) is 14.7 Å². The van der Waals surface area contributed by atoms with Crippen LogP contribution in [0, 0.1) is 0 Å². The molecule has 1 aromatic heterocycles. The van der Waals surface area contributed by atoms with Crippen LogP contribution in [-0.4, -0.2) is 42.7 Å². The molecule has 0 spiro atoms. The maximum absolute atomic E-state index is 11.0. The van der Waals surface area contributed by atoms with Crippen molar-refractivity contribution in [2.45, 2.75) is 30.8 Å². The van der Waals surface area contributed by atoms with Gasteiger partial charge in [-0.25, -0.2) is 8.42 Å². The van der Waals surface area contributed by atoms with Crippen LogP contribution in [0.4, 0.5) is 0 Å². The number of hydrogen-bond donors (Lipinski definition) is 0. The molecule has 1 fully saturated rings. The zero-order valence-corrected chi connectivity index (χ0v) is 11.1. The Balaban J connectivity index is 1.89. The Hall–Kier alpha value is -0.590. The van der Waals surface area contributed by atoms with Gasteiger partial charge in [-0.05, 0) is 32.0 Å². The fourth-order valence-corrected chi connectivity index (χ4v) is 2.70. The summed E-state index contributed by atoms with van der Waals surface area (Å²) < 4.78 is 23.7. The van der Waals surface area contributed by atoms with E-state index in [1.807, 2.05) is 0 Å². The lowest BCUT2D eigenvalue weighted by molar-refractivity contribution is 0.217. The summed E-state index contributed by atoms with van der Waals surface area (Å²) >= 11 is 0. The number of likely N-dealkylation sites (tertiary alicyclic amines) is 1. The summed E-state index contributed by atoms with van der Waals surface area (Å²) in [7, 11) is 1.51. The molecule has 2 heterocycles. The van der Waals surface area contributed by atoms with Gasteiger partial charge in [0.2, 0.25) is 0 Å². The smallest absolute Gasteiger partial charge is 0.280 e. The first-order valence-corrected chi connectivity index (χ1v) is 8.07. The lowest BCUT2D eigenvalue weighted by Crippen LogP contribution is -2.32. The van der Waals surface area contributed by atoms with Gasteiger partial charge in [-0.15, -0.1) is 0 Å². The van der Waals surface area contributed by atoms with E-state index in [2.05, 4.69) is 10.00 Å². The van der Waals surface area contributed by atoms with E-state index in [-0.39, 0.29) is 5.03 Å². The third-order valence-corrected chi connectivity index (χ3v) is 4.15. The largest absolute Gasteiger partial charge is 0.301 e. The van der Waals surface area contributed by atoms with Crippen LogP contribution >= 0.6 is 10.7 Å². The predicted octanol–water partition coefficient (Wildman–Crippen LogP) is 1.30. The van der Waals surface area contributed by atoms with Crippen molar-refractivity contribution in [2.24, 2.45) is 0 Å². The molecule has 7 heteroatoms. The predicted molar refractivity (Wildman–Crippen MR) is 65.6 cm³/mol. The van der Waals surface area contributed by atoms with Crippen LogP contribution in [-0.2, 0) is 15.6 Å². The molecule has 0 radical (unpaired) electrons. The summed E-state index contributed by atoms with van der Waals surface area (Å²) in [6.07, 6.45) is 5.47. The molecule has 96 valence electrons. The van der Waals surface area contributed by atoms with Crippen LogP contribution in [0.3, 0.4) is 0 Å². The Bertz CT molecular complexity index is 466. The number of rotatable bonds is 4. The molecule has 17 heavy (non-hydrogen) atoms. The fourth-order valence-electron chi connectivity index (χ4n) is 2.02. The first-order chi connectivity index (χ1) is 8.05. The Morgan fingerprint density at radius 3 is 2.53 bits per heavy atom. The van der Waals surface area contributed by atoms with Gasteiger partial charge >= 0.3 is 0 Å². The van der Waals surface area contributed by atoms with Gasteiger partial charge in [0.25, 0.3) is 9.05 Å². The Morgan fingerprint density at radius 1 is 1.24 bits per heavy atom. The van der Waals surface area contributed by atoms with E-state index in [1.165, 1.54) is 25.3 Å². The monoisotopic (exact) mass is 277 g/mol. The lowest BCUT2D eigenvalue weighted by Gasteiger charge is -2.26. The minimum absolute atomic E-state index is 0.0715. The van der Waals surface area contributed by atoms with Crippen molar-refractivity contribution in [1.29, 1.82) is 0 Å². The Kier molecular flexibility index (Phi) is 4.06. The van der Waals surface area contributed by atoms with Crippen LogP contribution in [0.5, 0.6) is 0 Å². The topological polar surface area (TPSA) is 55.2 Å². The van der Waals surface area contributed by atoms with Crippen LogP contribution in [0.2, 0.25) is 0 Å².